The molecule has 0 saturated heterocycles. The summed E-state index contributed by atoms with van der Waals surface area (Å²) in [5.74, 6) is 1.87. The summed E-state index contributed by atoms with van der Waals surface area (Å²) in [7, 11) is 0. The molecule has 0 aliphatic rings. The van der Waals surface area contributed by atoms with Crippen molar-refractivity contribution in [2.24, 2.45) is 5.92 Å². The number of hydrogen-bond donors (Lipinski definition) is 1. The van der Waals surface area contributed by atoms with Crippen LogP contribution in [0.3, 0.4) is 0 Å². The first kappa shape index (κ1) is 12.0. The minimum Gasteiger partial charge on any atom is -0.384 e. The van der Waals surface area contributed by atoms with E-state index >= 15 is 0 Å². The lowest BCUT2D eigenvalue weighted by Crippen LogP contribution is -2.03. The molecule has 0 spiro atoms. The molecule has 2 N–H and O–H groups in total. The number of aromatic nitrogens is 2. The third kappa shape index (κ3) is 2.82. The zero-order valence-corrected chi connectivity index (χ0v) is 11.2. The molecule has 2 rings (SSSR count). The number of rotatable bonds is 3. The highest BCUT2D eigenvalue weighted by Crippen LogP contribution is 2.25. The van der Waals surface area contributed by atoms with Crippen molar-refractivity contribution in [3.63, 3.8) is 0 Å². The fourth-order valence-corrected chi connectivity index (χ4v) is 2.58. The molecule has 0 saturated carbocycles. The van der Waals surface area contributed by atoms with E-state index in [0.29, 0.717) is 11.7 Å². The van der Waals surface area contributed by atoms with Gasteiger partial charge in [0, 0.05) is 22.7 Å². The molecule has 2 heterocycles. The smallest absolute Gasteiger partial charge is 0.162 e. The van der Waals surface area contributed by atoms with E-state index in [1.165, 1.54) is 5.56 Å². The van der Waals surface area contributed by atoms with Crippen molar-refractivity contribution in [2.45, 2.75) is 27.2 Å². The summed E-state index contributed by atoms with van der Waals surface area (Å²) in [6.07, 6.45) is 0.933. The van der Waals surface area contributed by atoms with Crippen molar-refractivity contribution in [1.82, 2.24) is 9.97 Å². The third-order valence-corrected chi connectivity index (χ3v) is 3.37. The van der Waals surface area contributed by atoms with Crippen molar-refractivity contribution >= 4 is 17.2 Å². The minimum atomic E-state index is 0.552. The van der Waals surface area contributed by atoms with Crippen LogP contribution in [-0.2, 0) is 6.42 Å². The third-order valence-electron chi connectivity index (χ3n) is 2.51. The largest absolute Gasteiger partial charge is 0.384 e. The maximum Gasteiger partial charge on any atom is 0.162 e. The second kappa shape index (κ2) is 4.84. The molecule has 4 heteroatoms. The highest BCUT2D eigenvalue weighted by molar-refractivity contribution is 7.08. The van der Waals surface area contributed by atoms with Gasteiger partial charge in [-0.3, -0.25) is 0 Å². The summed E-state index contributed by atoms with van der Waals surface area (Å²) in [5.41, 5.74) is 9.16. The lowest BCUT2D eigenvalue weighted by atomic mass is 10.1. The van der Waals surface area contributed by atoms with Crippen LogP contribution in [0.4, 0.5) is 5.82 Å². The lowest BCUT2D eigenvalue weighted by molar-refractivity contribution is 0.635. The van der Waals surface area contributed by atoms with Crippen molar-refractivity contribution in [3.05, 3.63) is 28.1 Å². The van der Waals surface area contributed by atoms with E-state index in [9.17, 15) is 0 Å². The Bertz CT molecular complexity index is 517. The van der Waals surface area contributed by atoms with E-state index in [1.807, 2.05) is 6.07 Å². The van der Waals surface area contributed by atoms with Gasteiger partial charge in [-0.25, -0.2) is 9.97 Å². The van der Waals surface area contributed by atoms with Crippen LogP contribution in [0.15, 0.2) is 16.8 Å². The Labute approximate surface area is 106 Å². The molecule has 0 aromatic carbocycles. The Morgan fingerprint density at radius 1 is 1.29 bits per heavy atom. The van der Waals surface area contributed by atoms with Gasteiger partial charge in [0.25, 0.3) is 0 Å². The zero-order valence-electron chi connectivity index (χ0n) is 10.4. The average Bonchev–Trinajstić information content (AvgIpc) is 2.62. The van der Waals surface area contributed by atoms with Crippen LogP contribution in [-0.4, -0.2) is 9.97 Å². The molecule has 0 unspecified atom stereocenters. The molecule has 3 nitrogen and oxygen atoms in total. The van der Waals surface area contributed by atoms with E-state index in [-0.39, 0.29) is 0 Å². The van der Waals surface area contributed by atoms with Gasteiger partial charge in [0.1, 0.15) is 5.82 Å². The minimum absolute atomic E-state index is 0.552. The second-order valence-corrected chi connectivity index (χ2v) is 5.42. The Morgan fingerprint density at radius 2 is 2.06 bits per heavy atom. The maximum atomic E-state index is 5.84. The van der Waals surface area contributed by atoms with E-state index in [2.05, 4.69) is 41.5 Å². The molecule has 17 heavy (non-hydrogen) atoms. The molecular weight excluding hydrogens is 230 g/mol. The number of nitrogens with two attached hydrogens (primary N) is 1. The Hall–Kier alpha value is -1.42. The van der Waals surface area contributed by atoms with Crippen LogP contribution in [0.1, 0.15) is 25.1 Å². The molecule has 0 bridgehead atoms. The highest BCUT2D eigenvalue weighted by atomic mass is 32.1. The van der Waals surface area contributed by atoms with Crippen molar-refractivity contribution in [3.8, 4) is 11.4 Å². The van der Waals surface area contributed by atoms with E-state index in [4.69, 9.17) is 5.73 Å². The summed E-state index contributed by atoms with van der Waals surface area (Å²) >= 11 is 1.67. The van der Waals surface area contributed by atoms with Crippen molar-refractivity contribution < 1.29 is 0 Å². The van der Waals surface area contributed by atoms with Gasteiger partial charge in [-0.05, 0) is 30.2 Å². The first-order chi connectivity index (χ1) is 8.06. The normalized spacial score (nSPS) is 11.1. The Morgan fingerprint density at radius 3 is 2.65 bits per heavy atom. The number of aryl methyl sites for hydroxylation is 1. The second-order valence-electron chi connectivity index (χ2n) is 4.67. The number of nitrogen functional groups attached to an aromatic ring is 1. The van der Waals surface area contributed by atoms with Gasteiger partial charge in [-0.1, -0.05) is 13.8 Å². The summed E-state index contributed by atoms with van der Waals surface area (Å²) in [6, 6.07) is 1.87. The molecule has 0 aliphatic heterocycles. The van der Waals surface area contributed by atoms with Crippen molar-refractivity contribution in [2.75, 3.05) is 5.73 Å². The number of hydrogen-bond acceptors (Lipinski definition) is 4. The molecule has 90 valence electrons. The van der Waals surface area contributed by atoms with E-state index in [1.54, 1.807) is 11.3 Å². The molecule has 0 amide bonds. The van der Waals surface area contributed by atoms with Crippen LogP contribution in [0, 0.1) is 12.8 Å². The fourth-order valence-electron chi connectivity index (χ4n) is 1.75. The van der Waals surface area contributed by atoms with Gasteiger partial charge >= 0.3 is 0 Å². The molecular formula is C13H17N3S. The van der Waals surface area contributed by atoms with Crippen LogP contribution in [0.2, 0.25) is 0 Å². The predicted molar refractivity (Wildman–Crippen MR) is 73.0 cm³/mol. The molecule has 0 atom stereocenters. The van der Waals surface area contributed by atoms with E-state index in [0.717, 1.165) is 23.5 Å². The van der Waals surface area contributed by atoms with Gasteiger partial charge in [0.2, 0.25) is 0 Å². The molecule has 2 aromatic heterocycles. The standard InChI is InChI=1S/C13H17N3S/c1-8(2)4-10-5-12(14)16-13(15-10)11-7-17-6-9(11)3/h5-8H,4H2,1-3H3,(H2,14,15,16). The molecule has 0 radical (unpaired) electrons. The Balaban J connectivity index is 2.42. The number of anilines is 1. The average molecular weight is 247 g/mol. The van der Waals surface area contributed by atoms with Gasteiger partial charge in [0.05, 0.1) is 0 Å². The molecule has 0 aliphatic carbocycles. The summed E-state index contributed by atoms with van der Waals surface area (Å²) in [5, 5.41) is 4.17. The van der Waals surface area contributed by atoms with Gasteiger partial charge < -0.3 is 5.73 Å². The first-order valence-electron chi connectivity index (χ1n) is 5.73. The van der Waals surface area contributed by atoms with Crippen LogP contribution < -0.4 is 5.73 Å². The SMILES string of the molecule is Cc1cscc1-c1nc(N)cc(CC(C)C)n1. The Kier molecular flexibility index (Phi) is 3.43. The van der Waals surface area contributed by atoms with Crippen LogP contribution in [0.5, 0.6) is 0 Å². The van der Waals surface area contributed by atoms with Crippen molar-refractivity contribution in [1.29, 1.82) is 0 Å². The molecule has 0 fully saturated rings. The first-order valence-corrected chi connectivity index (χ1v) is 6.67. The predicted octanol–water partition coefficient (Wildman–Crippen LogP) is 3.29. The lowest BCUT2D eigenvalue weighted by Gasteiger charge is -2.07. The fraction of sp³-hybridized carbons (Fsp3) is 0.385. The van der Waals surface area contributed by atoms with E-state index < -0.39 is 0 Å². The van der Waals surface area contributed by atoms with Gasteiger partial charge in [-0.2, -0.15) is 11.3 Å². The maximum absolute atomic E-state index is 5.84. The van der Waals surface area contributed by atoms with Gasteiger partial charge in [0.15, 0.2) is 5.82 Å². The van der Waals surface area contributed by atoms with Crippen LogP contribution >= 0.6 is 11.3 Å². The number of nitrogens with zero attached hydrogens (tertiary/aromatic N) is 2. The molecule has 2 aromatic rings. The van der Waals surface area contributed by atoms with Crippen LogP contribution in [0.25, 0.3) is 11.4 Å². The van der Waals surface area contributed by atoms with Gasteiger partial charge in [-0.15, -0.1) is 0 Å². The quantitative estimate of drug-likeness (QED) is 0.905. The monoisotopic (exact) mass is 247 g/mol. The summed E-state index contributed by atoms with van der Waals surface area (Å²) in [4.78, 5) is 8.91. The summed E-state index contributed by atoms with van der Waals surface area (Å²) < 4.78 is 0. The highest BCUT2D eigenvalue weighted by Gasteiger charge is 2.09. The zero-order chi connectivity index (χ0) is 12.4. The summed E-state index contributed by atoms with van der Waals surface area (Å²) in [6.45, 7) is 6.42. The number of thiophene rings is 1. The topological polar surface area (TPSA) is 51.8 Å².